The van der Waals surface area contributed by atoms with Crippen LogP contribution in [0.2, 0.25) is 0 Å². The van der Waals surface area contributed by atoms with Crippen molar-refractivity contribution in [2.75, 3.05) is 0 Å². The van der Waals surface area contributed by atoms with E-state index in [9.17, 15) is 0 Å². The molecule has 1 fully saturated rings. The van der Waals surface area contributed by atoms with Gasteiger partial charge in [0.2, 0.25) is 0 Å². The third-order valence-corrected chi connectivity index (χ3v) is 5.08. The van der Waals surface area contributed by atoms with Gasteiger partial charge in [-0.2, -0.15) is 0 Å². The molecule has 3 unspecified atom stereocenters. The van der Waals surface area contributed by atoms with E-state index in [1.807, 2.05) is 0 Å². The molecule has 0 saturated heterocycles. The molecule has 0 spiro atoms. The highest BCUT2D eigenvalue weighted by Crippen LogP contribution is 2.37. The zero-order valence-electron chi connectivity index (χ0n) is 11.9. The molecule has 0 bridgehead atoms. The number of hydrogen-bond acceptors (Lipinski definition) is 0. The van der Waals surface area contributed by atoms with Crippen LogP contribution < -0.4 is 0 Å². The van der Waals surface area contributed by atoms with Crippen LogP contribution in [-0.4, -0.2) is 5.38 Å². The van der Waals surface area contributed by atoms with Crippen LogP contribution in [0.25, 0.3) is 0 Å². The number of halogens is 1. The van der Waals surface area contributed by atoms with Gasteiger partial charge in [0, 0.05) is 5.38 Å². The Morgan fingerprint density at radius 2 is 1.65 bits per heavy atom. The largest absolute Gasteiger partial charge is 0.123 e. The summed E-state index contributed by atoms with van der Waals surface area (Å²) >= 11 is 6.47. The van der Waals surface area contributed by atoms with Crippen LogP contribution in [0.5, 0.6) is 0 Å². The minimum absolute atomic E-state index is 0.480. The fourth-order valence-corrected chi connectivity index (χ4v) is 3.54. The molecule has 0 aliphatic heterocycles. The summed E-state index contributed by atoms with van der Waals surface area (Å²) in [6, 6.07) is 0. The number of rotatable bonds is 8. The molecule has 0 radical (unpaired) electrons. The Labute approximate surface area is 114 Å². The second-order valence-corrected chi connectivity index (χ2v) is 6.48. The van der Waals surface area contributed by atoms with Gasteiger partial charge in [-0.1, -0.05) is 58.8 Å². The molecule has 1 aliphatic rings. The lowest BCUT2D eigenvalue weighted by Gasteiger charge is -2.32. The Kier molecular flexibility index (Phi) is 8.35. The smallest absolute Gasteiger partial charge is 0.0364 e. The second kappa shape index (κ2) is 9.25. The van der Waals surface area contributed by atoms with Gasteiger partial charge in [0.15, 0.2) is 0 Å². The van der Waals surface area contributed by atoms with E-state index in [1.165, 1.54) is 70.6 Å². The molecule has 17 heavy (non-hydrogen) atoms. The molecule has 0 amide bonds. The molecule has 0 heterocycles. The molecule has 1 heteroatoms. The van der Waals surface area contributed by atoms with E-state index in [0.29, 0.717) is 5.38 Å². The number of alkyl halides is 1. The van der Waals surface area contributed by atoms with Crippen molar-refractivity contribution in [3.8, 4) is 0 Å². The average Bonchev–Trinajstić information content (AvgIpc) is 2.35. The van der Waals surface area contributed by atoms with Crippen molar-refractivity contribution in [1.82, 2.24) is 0 Å². The third-order valence-electron chi connectivity index (χ3n) is 4.50. The monoisotopic (exact) mass is 258 g/mol. The van der Waals surface area contributed by atoms with Gasteiger partial charge < -0.3 is 0 Å². The van der Waals surface area contributed by atoms with E-state index < -0.39 is 0 Å². The van der Waals surface area contributed by atoms with Gasteiger partial charge in [0.05, 0.1) is 0 Å². The quantitative estimate of drug-likeness (QED) is 0.361. The predicted molar refractivity (Wildman–Crippen MR) is 78.8 cm³/mol. The fourth-order valence-electron chi connectivity index (χ4n) is 3.18. The zero-order chi connectivity index (χ0) is 12.5. The SMILES string of the molecule is CCCCCCCCC1CC(CC)CCC1Cl. The van der Waals surface area contributed by atoms with Gasteiger partial charge >= 0.3 is 0 Å². The Morgan fingerprint density at radius 1 is 0.941 bits per heavy atom. The van der Waals surface area contributed by atoms with Gasteiger partial charge in [-0.05, 0) is 37.5 Å². The summed E-state index contributed by atoms with van der Waals surface area (Å²) in [5.41, 5.74) is 0. The van der Waals surface area contributed by atoms with Crippen LogP contribution in [0.15, 0.2) is 0 Å². The highest BCUT2D eigenvalue weighted by molar-refractivity contribution is 6.20. The van der Waals surface area contributed by atoms with Crippen molar-refractivity contribution in [2.45, 2.75) is 89.9 Å². The first-order chi connectivity index (χ1) is 8.27. The van der Waals surface area contributed by atoms with Crippen LogP contribution in [0.1, 0.15) is 84.5 Å². The van der Waals surface area contributed by atoms with Crippen LogP contribution in [-0.2, 0) is 0 Å². The predicted octanol–water partition coefficient (Wildman–Crippen LogP) is 6.17. The molecule has 1 aliphatic carbocycles. The van der Waals surface area contributed by atoms with Gasteiger partial charge in [0.1, 0.15) is 0 Å². The molecular weight excluding hydrogens is 228 g/mol. The van der Waals surface area contributed by atoms with Crippen LogP contribution >= 0.6 is 11.6 Å². The molecule has 0 N–H and O–H groups in total. The number of hydrogen-bond donors (Lipinski definition) is 0. The lowest BCUT2D eigenvalue weighted by Crippen LogP contribution is -2.25. The highest BCUT2D eigenvalue weighted by Gasteiger charge is 2.27. The Hall–Kier alpha value is 0.290. The first kappa shape index (κ1) is 15.3. The molecule has 0 aromatic heterocycles. The molecule has 1 saturated carbocycles. The summed E-state index contributed by atoms with van der Waals surface area (Å²) in [6.07, 6.45) is 15.3. The van der Waals surface area contributed by atoms with Gasteiger partial charge in [-0.25, -0.2) is 0 Å². The maximum Gasteiger partial charge on any atom is 0.0364 e. The molecular formula is C16H31Cl. The molecule has 0 aromatic rings. The maximum atomic E-state index is 6.47. The van der Waals surface area contributed by atoms with Crippen molar-refractivity contribution in [2.24, 2.45) is 11.8 Å². The summed E-state index contributed by atoms with van der Waals surface area (Å²) in [4.78, 5) is 0. The molecule has 102 valence electrons. The Morgan fingerprint density at radius 3 is 2.35 bits per heavy atom. The van der Waals surface area contributed by atoms with E-state index >= 15 is 0 Å². The molecule has 0 nitrogen and oxygen atoms in total. The zero-order valence-corrected chi connectivity index (χ0v) is 12.6. The lowest BCUT2D eigenvalue weighted by atomic mass is 9.77. The van der Waals surface area contributed by atoms with E-state index in [-0.39, 0.29) is 0 Å². The van der Waals surface area contributed by atoms with Crippen LogP contribution in [0, 0.1) is 11.8 Å². The standard InChI is InChI=1S/C16H31Cl/c1-3-5-6-7-8-9-10-15-13-14(4-2)11-12-16(15)17/h14-16H,3-13H2,1-2H3. The minimum atomic E-state index is 0.480. The second-order valence-electron chi connectivity index (χ2n) is 5.92. The van der Waals surface area contributed by atoms with E-state index in [0.717, 1.165) is 11.8 Å². The summed E-state index contributed by atoms with van der Waals surface area (Å²) in [5.74, 6) is 1.79. The molecule has 3 atom stereocenters. The summed E-state index contributed by atoms with van der Waals surface area (Å²) in [7, 11) is 0. The molecule has 1 rings (SSSR count). The van der Waals surface area contributed by atoms with Crippen molar-refractivity contribution in [1.29, 1.82) is 0 Å². The lowest BCUT2D eigenvalue weighted by molar-refractivity contribution is 0.249. The Bertz CT molecular complexity index is 178. The van der Waals surface area contributed by atoms with Crippen molar-refractivity contribution >= 4 is 11.6 Å². The highest BCUT2D eigenvalue weighted by atomic mass is 35.5. The van der Waals surface area contributed by atoms with E-state index in [2.05, 4.69) is 13.8 Å². The van der Waals surface area contributed by atoms with E-state index in [1.54, 1.807) is 0 Å². The van der Waals surface area contributed by atoms with Gasteiger partial charge in [-0.3, -0.25) is 0 Å². The first-order valence-electron chi connectivity index (χ1n) is 7.92. The van der Waals surface area contributed by atoms with E-state index in [4.69, 9.17) is 11.6 Å². The van der Waals surface area contributed by atoms with Crippen molar-refractivity contribution in [3.63, 3.8) is 0 Å². The van der Waals surface area contributed by atoms with Crippen LogP contribution in [0.4, 0.5) is 0 Å². The summed E-state index contributed by atoms with van der Waals surface area (Å²) < 4.78 is 0. The molecule has 0 aromatic carbocycles. The van der Waals surface area contributed by atoms with Crippen molar-refractivity contribution in [3.05, 3.63) is 0 Å². The van der Waals surface area contributed by atoms with Crippen molar-refractivity contribution < 1.29 is 0 Å². The van der Waals surface area contributed by atoms with Crippen LogP contribution in [0.3, 0.4) is 0 Å². The number of unbranched alkanes of at least 4 members (excludes halogenated alkanes) is 5. The Balaban J connectivity index is 2.07. The topological polar surface area (TPSA) is 0 Å². The fraction of sp³-hybridized carbons (Fsp3) is 1.00. The summed E-state index contributed by atoms with van der Waals surface area (Å²) in [5, 5.41) is 0.480. The normalized spacial score (nSPS) is 29.5. The van der Waals surface area contributed by atoms with Gasteiger partial charge in [0.25, 0.3) is 0 Å². The maximum absolute atomic E-state index is 6.47. The van der Waals surface area contributed by atoms with Gasteiger partial charge in [-0.15, -0.1) is 11.6 Å². The third kappa shape index (κ3) is 6.13. The average molecular weight is 259 g/mol. The first-order valence-corrected chi connectivity index (χ1v) is 8.35. The minimum Gasteiger partial charge on any atom is -0.123 e. The summed E-state index contributed by atoms with van der Waals surface area (Å²) in [6.45, 7) is 4.62.